The molecule has 0 radical (unpaired) electrons. The number of hydrogen-bond acceptors (Lipinski definition) is 2. The Morgan fingerprint density at radius 1 is 1.19 bits per heavy atom. The van der Waals surface area contributed by atoms with Gasteiger partial charge in [0.25, 0.3) is 0 Å². The van der Waals surface area contributed by atoms with Gasteiger partial charge < -0.3 is 10.2 Å². The molecule has 21 heavy (non-hydrogen) atoms. The van der Waals surface area contributed by atoms with Crippen molar-refractivity contribution >= 4 is 11.8 Å². The highest BCUT2D eigenvalue weighted by molar-refractivity contribution is 5.89. The summed E-state index contributed by atoms with van der Waals surface area (Å²) in [5, 5.41) is 3.02. The molecule has 1 N–H and O–H groups in total. The molecule has 0 spiro atoms. The van der Waals surface area contributed by atoms with Crippen LogP contribution >= 0.6 is 0 Å². The molecule has 2 amide bonds. The van der Waals surface area contributed by atoms with Crippen LogP contribution in [-0.2, 0) is 9.59 Å². The summed E-state index contributed by atoms with van der Waals surface area (Å²) in [6, 6.07) is 0.407. The van der Waals surface area contributed by atoms with E-state index in [1.807, 2.05) is 4.90 Å². The fraction of sp³-hybridized carbons (Fsp3) is 0.882. The Morgan fingerprint density at radius 2 is 1.90 bits per heavy atom. The van der Waals surface area contributed by atoms with Crippen molar-refractivity contribution in [3.8, 4) is 0 Å². The van der Waals surface area contributed by atoms with E-state index in [1.54, 1.807) is 0 Å². The molecule has 4 nitrogen and oxygen atoms in total. The van der Waals surface area contributed by atoms with Crippen molar-refractivity contribution in [2.45, 2.75) is 77.2 Å². The van der Waals surface area contributed by atoms with Gasteiger partial charge in [0.2, 0.25) is 11.8 Å². The fourth-order valence-electron chi connectivity index (χ4n) is 3.56. The second kappa shape index (κ2) is 8.40. The maximum atomic E-state index is 12.2. The lowest BCUT2D eigenvalue weighted by atomic mass is 10.1. The normalized spacial score (nSPS) is 23.0. The zero-order valence-electron chi connectivity index (χ0n) is 13.4. The van der Waals surface area contributed by atoms with Gasteiger partial charge in [-0.3, -0.25) is 9.59 Å². The Hall–Kier alpha value is -1.06. The Labute approximate surface area is 128 Å². The van der Waals surface area contributed by atoms with Crippen LogP contribution in [-0.4, -0.2) is 35.8 Å². The molecule has 1 heterocycles. The Kier molecular flexibility index (Phi) is 6.52. The van der Waals surface area contributed by atoms with Crippen molar-refractivity contribution < 1.29 is 9.59 Å². The molecule has 1 aliphatic heterocycles. The highest BCUT2D eigenvalue weighted by atomic mass is 16.2. The number of amides is 2. The van der Waals surface area contributed by atoms with Crippen molar-refractivity contribution in [3.05, 3.63) is 0 Å². The number of rotatable bonds is 8. The number of hydrogen-bond donors (Lipinski definition) is 1. The topological polar surface area (TPSA) is 49.4 Å². The van der Waals surface area contributed by atoms with Crippen LogP contribution in [0.25, 0.3) is 0 Å². The molecule has 2 fully saturated rings. The van der Waals surface area contributed by atoms with Crippen LogP contribution in [0, 0.1) is 5.92 Å². The molecular formula is C17H30N2O2. The average molecular weight is 294 g/mol. The van der Waals surface area contributed by atoms with Crippen LogP contribution in [0.15, 0.2) is 0 Å². The molecule has 2 rings (SSSR count). The van der Waals surface area contributed by atoms with Crippen LogP contribution in [0.5, 0.6) is 0 Å². The van der Waals surface area contributed by atoms with Gasteiger partial charge in [0.05, 0.1) is 5.92 Å². The molecule has 1 saturated carbocycles. The van der Waals surface area contributed by atoms with Crippen LogP contribution in [0.3, 0.4) is 0 Å². The molecule has 2 aliphatic rings. The van der Waals surface area contributed by atoms with E-state index in [2.05, 4.69) is 12.2 Å². The van der Waals surface area contributed by atoms with Crippen molar-refractivity contribution in [1.82, 2.24) is 10.2 Å². The van der Waals surface area contributed by atoms with Gasteiger partial charge in [-0.1, -0.05) is 45.4 Å². The van der Waals surface area contributed by atoms with E-state index in [-0.39, 0.29) is 17.7 Å². The van der Waals surface area contributed by atoms with Gasteiger partial charge in [0.15, 0.2) is 0 Å². The van der Waals surface area contributed by atoms with E-state index in [1.165, 1.54) is 38.5 Å². The lowest BCUT2D eigenvalue weighted by Gasteiger charge is -2.23. The molecule has 1 aliphatic carbocycles. The average Bonchev–Trinajstić information content (AvgIpc) is 3.11. The minimum absolute atomic E-state index is 0.0827. The first-order chi connectivity index (χ1) is 10.2. The largest absolute Gasteiger partial charge is 0.356 e. The SMILES string of the molecule is CCCCCCCNC(=O)C1CC(=O)N(C2CCCC2)C1. The van der Waals surface area contributed by atoms with Gasteiger partial charge in [0.1, 0.15) is 0 Å². The Bertz CT molecular complexity index is 351. The second-order valence-corrected chi connectivity index (χ2v) is 6.59. The van der Waals surface area contributed by atoms with Gasteiger partial charge in [-0.25, -0.2) is 0 Å². The molecule has 0 aromatic heterocycles. The maximum Gasteiger partial charge on any atom is 0.225 e. The molecule has 1 atom stereocenters. The van der Waals surface area contributed by atoms with Crippen molar-refractivity contribution in [1.29, 1.82) is 0 Å². The molecular weight excluding hydrogens is 264 g/mol. The number of carbonyl (C=O) groups is 2. The summed E-state index contributed by atoms with van der Waals surface area (Å²) in [5.74, 6) is 0.151. The van der Waals surface area contributed by atoms with E-state index in [0.29, 0.717) is 19.0 Å². The van der Waals surface area contributed by atoms with E-state index in [9.17, 15) is 9.59 Å². The van der Waals surface area contributed by atoms with Gasteiger partial charge in [0, 0.05) is 25.6 Å². The minimum atomic E-state index is -0.117. The van der Waals surface area contributed by atoms with Gasteiger partial charge >= 0.3 is 0 Å². The molecule has 1 unspecified atom stereocenters. The van der Waals surface area contributed by atoms with E-state index >= 15 is 0 Å². The predicted octanol–water partition coefficient (Wildman–Crippen LogP) is 2.86. The Morgan fingerprint density at radius 3 is 2.62 bits per heavy atom. The maximum absolute atomic E-state index is 12.2. The van der Waals surface area contributed by atoms with E-state index in [4.69, 9.17) is 0 Å². The van der Waals surface area contributed by atoms with Crippen molar-refractivity contribution in [2.75, 3.05) is 13.1 Å². The van der Waals surface area contributed by atoms with E-state index < -0.39 is 0 Å². The quantitative estimate of drug-likeness (QED) is 0.700. The zero-order chi connectivity index (χ0) is 15.1. The first kappa shape index (κ1) is 16.3. The molecule has 4 heteroatoms. The lowest BCUT2D eigenvalue weighted by Crippen LogP contribution is -2.37. The first-order valence-corrected chi connectivity index (χ1v) is 8.79. The monoisotopic (exact) mass is 294 g/mol. The molecule has 1 saturated heterocycles. The summed E-state index contributed by atoms with van der Waals surface area (Å²) >= 11 is 0. The van der Waals surface area contributed by atoms with Crippen LogP contribution < -0.4 is 5.32 Å². The van der Waals surface area contributed by atoms with Crippen molar-refractivity contribution in [3.63, 3.8) is 0 Å². The number of nitrogens with zero attached hydrogens (tertiary/aromatic N) is 1. The predicted molar refractivity (Wildman–Crippen MR) is 83.8 cm³/mol. The summed E-state index contributed by atoms with van der Waals surface area (Å²) < 4.78 is 0. The van der Waals surface area contributed by atoms with Gasteiger partial charge in [-0.15, -0.1) is 0 Å². The minimum Gasteiger partial charge on any atom is -0.356 e. The van der Waals surface area contributed by atoms with Crippen LogP contribution in [0.4, 0.5) is 0 Å². The zero-order valence-corrected chi connectivity index (χ0v) is 13.4. The lowest BCUT2D eigenvalue weighted by molar-refractivity contribution is -0.130. The summed E-state index contributed by atoms with van der Waals surface area (Å²) in [4.78, 5) is 26.2. The highest BCUT2D eigenvalue weighted by Crippen LogP contribution is 2.29. The molecule has 0 aromatic carbocycles. The molecule has 0 bridgehead atoms. The standard InChI is InChI=1S/C17H30N2O2/c1-2-3-4-5-8-11-18-17(21)14-12-16(20)19(13-14)15-9-6-7-10-15/h14-15H,2-13H2,1H3,(H,18,21). The highest BCUT2D eigenvalue weighted by Gasteiger charge is 2.38. The number of carbonyl (C=O) groups excluding carboxylic acids is 2. The number of nitrogens with one attached hydrogen (secondary N) is 1. The second-order valence-electron chi connectivity index (χ2n) is 6.59. The van der Waals surface area contributed by atoms with Crippen LogP contribution in [0.2, 0.25) is 0 Å². The summed E-state index contributed by atoms with van der Waals surface area (Å²) in [6.45, 7) is 3.61. The first-order valence-electron chi connectivity index (χ1n) is 8.79. The van der Waals surface area contributed by atoms with Gasteiger partial charge in [-0.05, 0) is 19.3 Å². The molecule has 0 aromatic rings. The number of likely N-dealkylation sites (tertiary alicyclic amines) is 1. The Balaban J connectivity index is 1.65. The third kappa shape index (κ3) is 4.72. The smallest absolute Gasteiger partial charge is 0.225 e. The summed E-state index contributed by atoms with van der Waals surface area (Å²) in [7, 11) is 0. The molecule has 120 valence electrons. The fourth-order valence-corrected chi connectivity index (χ4v) is 3.56. The number of unbranched alkanes of at least 4 members (excludes halogenated alkanes) is 4. The summed E-state index contributed by atoms with van der Waals surface area (Å²) in [6.07, 6.45) is 11.1. The third-order valence-corrected chi connectivity index (χ3v) is 4.87. The third-order valence-electron chi connectivity index (χ3n) is 4.87. The van der Waals surface area contributed by atoms with E-state index in [0.717, 1.165) is 25.8 Å². The van der Waals surface area contributed by atoms with Crippen molar-refractivity contribution in [2.24, 2.45) is 5.92 Å². The van der Waals surface area contributed by atoms with Gasteiger partial charge in [-0.2, -0.15) is 0 Å². The van der Waals surface area contributed by atoms with Crippen LogP contribution in [0.1, 0.15) is 71.1 Å². The summed E-state index contributed by atoms with van der Waals surface area (Å²) in [5.41, 5.74) is 0.